The molecule has 0 aliphatic rings. The molecule has 164 valence electrons. The molecule has 0 fully saturated rings. The van der Waals surface area contributed by atoms with Crippen LogP contribution >= 0.6 is 0 Å². The second-order valence-electron chi connectivity index (χ2n) is 9.24. The van der Waals surface area contributed by atoms with Crippen LogP contribution < -0.4 is 0 Å². The fourth-order valence-electron chi connectivity index (χ4n) is 4.70. The maximum absolute atomic E-state index is 6.00. The van der Waals surface area contributed by atoms with E-state index in [4.69, 9.17) is 4.42 Å². The van der Waals surface area contributed by atoms with Gasteiger partial charge in [-0.2, -0.15) is 0 Å². The number of fused-ring (bicyclic) bond motifs is 3. The Kier molecular flexibility index (Phi) is 5.04. The van der Waals surface area contributed by atoms with Crippen molar-refractivity contribution in [3.63, 3.8) is 0 Å². The molecule has 6 aromatic rings. The van der Waals surface area contributed by atoms with Crippen molar-refractivity contribution in [1.82, 2.24) is 0 Å². The van der Waals surface area contributed by atoms with E-state index in [1.807, 2.05) is 12.1 Å². The Balaban J connectivity index is 1.32. The summed E-state index contributed by atoms with van der Waals surface area (Å²) < 4.78 is 6.00. The predicted molar refractivity (Wildman–Crippen MR) is 144 cm³/mol. The summed E-state index contributed by atoms with van der Waals surface area (Å²) in [5.41, 5.74) is 10.6. The second-order valence-corrected chi connectivity index (χ2v) is 9.24. The van der Waals surface area contributed by atoms with E-state index in [2.05, 4.69) is 117 Å². The molecule has 0 aliphatic carbocycles. The van der Waals surface area contributed by atoms with Crippen LogP contribution in [-0.4, -0.2) is 0 Å². The topological polar surface area (TPSA) is 13.1 Å². The first-order chi connectivity index (χ1) is 16.7. The summed E-state index contributed by atoms with van der Waals surface area (Å²) in [4.78, 5) is 0. The van der Waals surface area contributed by atoms with E-state index in [9.17, 15) is 0 Å². The van der Waals surface area contributed by atoms with Gasteiger partial charge in [0.2, 0.25) is 0 Å². The van der Waals surface area contributed by atoms with Crippen LogP contribution in [0.1, 0.15) is 25.3 Å². The molecular formula is C33H26O. The van der Waals surface area contributed by atoms with Crippen LogP contribution in [0, 0.1) is 0 Å². The van der Waals surface area contributed by atoms with Crippen molar-refractivity contribution >= 4 is 21.9 Å². The molecule has 0 bridgehead atoms. The minimum absolute atomic E-state index is 0.552. The summed E-state index contributed by atoms with van der Waals surface area (Å²) in [5, 5.41) is 2.32. The average molecular weight is 439 g/mol. The van der Waals surface area contributed by atoms with Gasteiger partial charge in [-0.25, -0.2) is 0 Å². The Bertz CT molecular complexity index is 1600. The van der Waals surface area contributed by atoms with Crippen molar-refractivity contribution in [3.05, 3.63) is 121 Å². The quantitative estimate of drug-likeness (QED) is 0.267. The number of para-hydroxylation sites is 1. The molecule has 0 aliphatic heterocycles. The van der Waals surface area contributed by atoms with Gasteiger partial charge in [-0.1, -0.05) is 105 Å². The van der Waals surface area contributed by atoms with Crippen molar-refractivity contribution in [2.75, 3.05) is 0 Å². The Morgan fingerprint density at radius 1 is 0.441 bits per heavy atom. The standard InChI is InChI=1S/C33H26O/c1-22(2)23-10-12-24(13-11-23)25-14-16-26(17-15-25)27-6-5-7-28(20-27)29-18-19-33-31(21-29)30-8-3-4-9-32(30)34-33/h3-22H,1-2H3. The van der Waals surface area contributed by atoms with Gasteiger partial charge in [0.15, 0.2) is 0 Å². The molecule has 6 rings (SSSR count). The summed E-state index contributed by atoms with van der Waals surface area (Å²) in [7, 11) is 0. The molecule has 0 unspecified atom stereocenters. The molecule has 0 saturated carbocycles. The minimum Gasteiger partial charge on any atom is -0.456 e. The van der Waals surface area contributed by atoms with E-state index in [1.165, 1.54) is 38.9 Å². The summed E-state index contributed by atoms with van der Waals surface area (Å²) in [6, 6.07) is 41.3. The molecule has 0 saturated heterocycles. The molecule has 0 atom stereocenters. The zero-order valence-corrected chi connectivity index (χ0v) is 19.5. The maximum atomic E-state index is 6.00. The normalized spacial score (nSPS) is 11.5. The summed E-state index contributed by atoms with van der Waals surface area (Å²) in [6.07, 6.45) is 0. The third-order valence-corrected chi connectivity index (χ3v) is 6.70. The molecule has 1 heteroatoms. The maximum Gasteiger partial charge on any atom is 0.135 e. The summed E-state index contributed by atoms with van der Waals surface area (Å²) in [6.45, 7) is 4.46. The highest BCUT2D eigenvalue weighted by Crippen LogP contribution is 2.34. The molecule has 1 heterocycles. The van der Waals surface area contributed by atoms with E-state index in [-0.39, 0.29) is 0 Å². The molecule has 0 N–H and O–H groups in total. The van der Waals surface area contributed by atoms with E-state index in [0.29, 0.717) is 5.92 Å². The van der Waals surface area contributed by atoms with Crippen molar-refractivity contribution < 1.29 is 4.42 Å². The van der Waals surface area contributed by atoms with Gasteiger partial charge in [0.05, 0.1) is 0 Å². The van der Waals surface area contributed by atoms with Crippen molar-refractivity contribution in [2.24, 2.45) is 0 Å². The zero-order chi connectivity index (χ0) is 23.1. The monoisotopic (exact) mass is 438 g/mol. The highest BCUT2D eigenvalue weighted by Gasteiger charge is 2.09. The summed E-state index contributed by atoms with van der Waals surface area (Å²) in [5.74, 6) is 0.552. The third-order valence-electron chi connectivity index (χ3n) is 6.70. The fraction of sp³-hybridized carbons (Fsp3) is 0.0909. The lowest BCUT2D eigenvalue weighted by Gasteiger charge is -2.09. The molecule has 0 spiro atoms. The Hall–Kier alpha value is -4.10. The summed E-state index contributed by atoms with van der Waals surface area (Å²) >= 11 is 0. The van der Waals surface area contributed by atoms with Gasteiger partial charge < -0.3 is 4.42 Å². The van der Waals surface area contributed by atoms with Gasteiger partial charge in [0.1, 0.15) is 11.2 Å². The highest BCUT2D eigenvalue weighted by atomic mass is 16.3. The number of rotatable bonds is 4. The van der Waals surface area contributed by atoms with Crippen LogP contribution in [0.15, 0.2) is 120 Å². The number of hydrogen-bond acceptors (Lipinski definition) is 1. The van der Waals surface area contributed by atoms with E-state index < -0.39 is 0 Å². The second kappa shape index (κ2) is 8.35. The van der Waals surface area contributed by atoms with Crippen LogP contribution in [0.3, 0.4) is 0 Å². The van der Waals surface area contributed by atoms with Gasteiger partial charge in [0.25, 0.3) is 0 Å². The van der Waals surface area contributed by atoms with Crippen molar-refractivity contribution in [2.45, 2.75) is 19.8 Å². The van der Waals surface area contributed by atoms with E-state index >= 15 is 0 Å². The molecule has 1 aromatic heterocycles. The van der Waals surface area contributed by atoms with Gasteiger partial charge in [-0.15, -0.1) is 0 Å². The fourth-order valence-corrected chi connectivity index (χ4v) is 4.70. The van der Waals surface area contributed by atoms with Crippen molar-refractivity contribution in [1.29, 1.82) is 0 Å². The number of hydrogen-bond donors (Lipinski definition) is 0. The first-order valence-corrected chi connectivity index (χ1v) is 11.9. The van der Waals surface area contributed by atoms with Crippen LogP contribution in [-0.2, 0) is 0 Å². The van der Waals surface area contributed by atoms with Crippen LogP contribution in [0.5, 0.6) is 0 Å². The Morgan fingerprint density at radius 3 is 1.68 bits per heavy atom. The van der Waals surface area contributed by atoms with Crippen molar-refractivity contribution in [3.8, 4) is 33.4 Å². The smallest absolute Gasteiger partial charge is 0.135 e. The largest absolute Gasteiger partial charge is 0.456 e. The minimum atomic E-state index is 0.552. The molecule has 0 amide bonds. The van der Waals surface area contributed by atoms with Crippen LogP contribution in [0.2, 0.25) is 0 Å². The van der Waals surface area contributed by atoms with Gasteiger partial charge in [0, 0.05) is 10.8 Å². The van der Waals surface area contributed by atoms with Gasteiger partial charge in [-0.05, 0) is 69.1 Å². The Labute approximate surface area is 200 Å². The first kappa shape index (κ1) is 20.5. The Morgan fingerprint density at radius 2 is 0.971 bits per heavy atom. The molecule has 5 aromatic carbocycles. The number of benzene rings is 5. The van der Waals surface area contributed by atoms with Gasteiger partial charge >= 0.3 is 0 Å². The SMILES string of the molecule is CC(C)c1ccc(-c2ccc(-c3cccc(-c4ccc5oc6ccccc6c5c4)c3)cc2)cc1. The van der Waals surface area contributed by atoms with Crippen LogP contribution in [0.4, 0.5) is 0 Å². The van der Waals surface area contributed by atoms with Gasteiger partial charge in [-0.3, -0.25) is 0 Å². The molecular weight excluding hydrogens is 412 g/mol. The molecule has 1 nitrogen and oxygen atoms in total. The lowest BCUT2D eigenvalue weighted by Crippen LogP contribution is -1.87. The average Bonchev–Trinajstić information content (AvgIpc) is 3.27. The highest BCUT2D eigenvalue weighted by molar-refractivity contribution is 6.06. The lowest BCUT2D eigenvalue weighted by molar-refractivity contribution is 0.669. The number of furan rings is 1. The van der Waals surface area contributed by atoms with E-state index in [1.54, 1.807) is 0 Å². The third kappa shape index (κ3) is 3.70. The van der Waals surface area contributed by atoms with Crippen LogP contribution in [0.25, 0.3) is 55.3 Å². The molecule has 34 heavy (non-hydrogen) atoms. The predicted octanol–water partition coefficient (Wildman–Crippen LogP) is 9.71. The first-order valence-electron chi connectivity index (χ1n) is 11.9. The zero-order valence-electron chi connectivity index (χ0n) is 19.5. The van der Waals surface area contributed by atoms with E-state index in [0.717, 1.165) is 21.9 Å². The lowest BCUT2D eigenvalue weighted by atomic mass is 9.95. The molecule has 0 radical (unpaired) electrons.